The first-order valence-corrected chi connectivity index (χ1v) is 9.58. The lowest BCUT2D eigenvalue weighted by molar-refractivity contribution is -0.861. The summed E-state index contributed by atoms with van der Waals surface area (Å²) in [6, 6.07) is 11.3. The van der Waals surface area contributed by atoms with Crippen molar-refractivity contribution in [2.45, 2.75) is 27.7 Å². The van der Waals surface area contributed by atoms with Crippen molar-refractivity contribution in [2.24, 2.45) is 0 Å². The van der Waals surface area contributed by atoms with Crippen molar-refractivity contribution >= 4 is 17.4 Å². The van der Waals surface area contributed by atoms with Gasteiger partial charge in [0.25, 0.3) is 5.91 Å². The second kappa shape index (κ2) is 8.45. The number of amides is 1. The number of hydrogen-bond donors (Lipinski definition) is 2. The second-order valence-electron chi connectivity index (χ2n) is 7.56. The summed E-state index contributed by atoms with van der Waals surface area (Å²) in [6.07, 6.45) is 0. The molecule has 0 spiro atoms. The van der Waals surface area contributed by atoms with E-state index in [4.69, 9.17) is 4.52 Å². The van der Waals surface area contributed by atoms with Crippen LogP contribution in [-0.4, -0.2) is 41.6 Å². The Hall–Kier alpha value is -3.19. The van der Waals surface area contributed by atoms with E-state index in [1.807, 2.05) is 75.7 Å². The van der Waals surface area contributed by atoms with E-state index in [1.165, 1.54) is 0 Å². The summed E-state index contributed by atoms with van der Waals surface area (Å²) < 4.78 is 7.06. The summed E-state index contributed by atoms with van der Waals surface area (Å²) in [5, 5.41) is 6.91. The van der Waals surface area contributed by atoms with Gasteiger partial charge >= 0.3 is 0 Å². The van der Waals surface area contributed by atoms with Crippen molar-refractivity contribution in [3.63, 3.8) is 0 Å². The molecule has 0 aliphatic rings. The van der Waals surface area contributed by atoms with Crippen LogP contribution in [-0.2, 0) is 4.79 Å². The second-order valence-corrected chi connectivity index (χ2v) is 7.56. The van der Waals surface area contributed by atoms with Gasteiger partial charge in [-0.3, -0.25) is 14.2 Å². The Morgan fingerprint density at radius 3 is 2.38 bits per heavy atom. The smallest absolute Gasteiger partial charge is 0.279 e. The first kappa shape index (κ1) is 20.5. The van der Waals surface area contributed by atoms with Gasteiger partial charge in [0.1, 0.15) is 12.3 Å². The Balaban J connectivity index is 1.64. The lowest BCUT2D eigenvalue weighted by Crippen LogP contribution is -3.11. The van der Waals surface area contributed by atoms with Crippen molar-refractivity contribution < 1.29 is 19.0 Å². The van der Waals surface area contributed by atoms with Crippen LogP contribution >= 0.6 is 0 Å². The largest absolute Gasteiger partial charge is 0.360 e. The Kier molecular flexibility index (Phi) is 5.98. The molecular formula is C22H27N4O3+. The van der Waals surface area contributed by atoms with Gasteiger partial charge in [-0.1, -0.05) is 22.9 Å². The van der Waals surface area contributed by atoms with Gasteiger partial charge < -0.3 is 14.7 Å². The molecule has 2 heterocycles. The third kappa shape index (κ3) is 4.81. The Bertz CT molecular complexity index is 1030. The number of benzene rings is 1. The minimum Gasteiger partial charge on any atom is -0.360 e. The molecular weight excluding hydrogens is 368 g/mol. The summed E-state index contributed by atoms with van der Waals surface area (Å²) in [7, 11) is 1.84. The number of likely N-dealkylation sites (N-methyl/N-ethyl adjacent to an activating group) is 1. The maximum atomic E-state index is 12.8. The Morgan fingerprint density at radius 1 is 1.07 bits per heavy atom. The minimum absolute atomic E-state index is 0.00907. The molecule has 2 aromatic heterocycles. The molecule has 29 heavy (non-hydrogen) atoms. The first-order chi connectivity index (χ1) is 13.7. The quantitative estimate of drug-likeness (QED) is 0.600. The van der Waals surface area contributed by atoms with Gasteiger partial charge in [0.2, 0.25) is 5.78 Å². The van der Waals surface area contributed by atoms with E-state index < -0.39 is 0 Å². The lowest BCUT2D eigenvalue weighted by atomic mass is 10.1. The molecule has 0 aliphatic carbocycles. The van der Waals surface area contributed by atoms with Gasteiger partial charge in [-0.25, -0.2) is 0 Å². The monoisotopic (exact) mass is 395 g/mol. The number of nitrogens with one attached hydrogen (secondary N) is 2. The maximum absolute atomic E-state index is 12.8. The molecule has 7 heteroatoms. The number of Topliss-reactive ketones (excluding diaryl/α,β-unsaturated/α-hetero) is 1. The van der Waals surface area contributed by atoms with Crippen molar-refractivity contribution in [1.29, 1.82) is 0 Å². The average Bonchev–Trinajstić information content (AvgIpc) is 3.19. The fraction of sp³-hybridized carbons (Fsp3) is 0.318. The zero-order chi connectivity index (χ0) is 21.1. The van der Waals surface area contributed by atoms with Crippen LogP contribution in [0.5, 0.6) is 0 Å². The Labute approximate surface area is 170 Å². The molecule has 0 saturated heterocycles. The number of hydrogen-bond acceptors (Lipinski definition) is 4. The third-order valence-electron chi connectivity index (χ3n) is 4.84. The summed E-state index contributed by atoms with van der Waals surface area (Å²) in [5.74, 6) is 1.24. The Morgan fingerprint density at radius 2 is 1.76 bits per heavy atom. The van der Waals surface area contributed by atoms with Gasteiger partial charge in [-0.2, -0.15) is 0 Å². The van der Waals surface area contributed by atoms with Crippen molar-refractivity contribution in [1.82, 2.24) is 9.72 Å². The highest BCUT2D eigenvalue weighted by molar-refractivity contribution is 5.98. The van der Waals surface area contributed by atoms with Crippen molar-refractivity contribution in [3.05, 3.63) is 64.7 Å². The van der Waals surface area contributed by atoms with Crippen LogP contribution in [0.25, 0.3) is 5.82 Å². The summed E-state index contributed by atoms with van der Waals surface area (Å²) in [6.45, 7) is 8.08. The van der Waals surface area contributed by atoms with Crippen molar-refractivity contribution in [3.8, 4) is 5.82 Å². The van der Waals surface area contributed by atoms with Crippen LogP contribution in [0.3, 0.4) is 0 Å². The molecule has 0 radical (unpaired) electrons. The highest BCUT2D eigenvalue weighted by atomic mass is 16.5. The van der Waals surface area contributed by atoms with E-state index >= 15 is 0 Å². The molecule has 0 saturated carbocycles. The van der Waals surface area contributed by atoms with Gasteiger partial charge in [0.15, 0.2) is 12.4 Å². The number of aromatic nitrogens is 2. The standard InChI is InChI=1S/C22H26N4O3/c1-14-6-8-18(9-7-14)23-22(28)13-25(5)12-20(27)19-10-15(2)26(17(19)4)21-11-16(3)29-24-21/h6-11H,12-13H2,1-5H3,(H,23,28)/p+1. The molecule has 1 amide bonds. The van der Waals surface area contributed by atoms with E-state index in [1.54, 1.807) is 0 Å². The zero-order valence-corrected chi connectivity index (χ0v) is 17.5. The average molecular weight is 395 g/mol. The molecule has 1 atom stereocenters. The number of quaternary nitrogens is 1. The van der Waals surface area contributed by atoms with Crippen LogP contribution in [0.4, 0.5) is 5.69 Å². The summed E-state index contributed by atoms with van der Waals surface area (Å²) >= 11 is 0. The summed E-state index contributed by atoms with van der Waals surface area (Å²) in [5.41, 5.74) is 4.26. The molecule has 1 aromatic carbocycles. The maximum Gasteiger partial charge on any atom is 0.279 e. The third-order valence-corrected chi connectivity index (χ3v) is 4.84. The number of anilines is 1. The van der Waals surface area contributed by atoms with E-state index in [-0.39, 0.29) is 24.8 Å². The minimum atomic E-state index is -0.123. The predicted octanol–water partition coefficient (Wildman–Crippen LogP) is 2.04. The molecule has 0 aliphatic heterocycles. The van der Waals surface area contributed by atoms with Gasteiger partial charge in [0.05, 0.1) is 7.05 Å². The number of ketones is 1. The number of carbonyl (C=O) groups excluding carboxylic acids is 2. The van der Waals surface area contributed by atoms with Crippen LogP contribution in [0, 0.1) is 27.7 Å². The molecule has 152 valence electrons. The molecule has 0 bridgehead atoms. The number of nitrogens with zero attached hydrogens (tertiary/aromatic N) is 2. The van der Waals surface area contributed by atoms with E-state index in [2.05, 4.69) is 10.5 Å². The highest BCUT2D eigenvalue weighted by Crippen LogP contribution is 2.20. The first-order valence-electron chi connectivity index (χ1n) is 9.58. The molecule has 2 N–H and O–H groups in total. The van der Waals surface area contributed by atoms with Crippen LogP contribution < -0.4 is 10.2 Å². The number of aryl methyl sites for hydroxylation is 3. The van der Waals surface area contributed by atoms with Crippen LogP contribution in [0.2, 0.25) is 0 Å². The number of carbonyl (C=O) groups is 2. The number of rotatable bonds is 7. The van der Waals surface area contributed by atoms with E-state index in [0.29, 0.717) is 17.1 Å². The van der Waals surface area contributed by atoms with Gasteiger partial charge in [0, 0.05) is 28.7 Å². The molecule has 0 fully saturated rings. The van der Waals surface area contributed by atoms with Gasteiger partial charge in [-0.05, 0) is 45.9 Å². The molecule has 3 rings (SSSR count). The topological polar surface area (TPSA) is 81.6 Å². The molecule has 3 aromatic rings. The zero-order valence-electron chi connectivity index (χ0n) is 17.5. The highest BCUT2D eigenvalue weighted by Gasteiger charge is 2.22. The predicted molar refractivity (Wildman–Crippen MR) is 111 cm³/mol. The van der Waals surface area contributed by atoms with Crippen LogP contribution in [0.1, 0.15) is 33.1 Å². The van der Waals surface area contributed by atoms with E-state index in [9.17, 15) is 9.59 Å². The fourth-order valence-corrected chi connectivity index (χ4v) is 3.40. The molecule has 1 unspecified atom stereocenters. The van der Waals surface area contributed by atoms with Crippen molar-refractivity contribution in [2.75, 3.05) is 25.5 Å². The molecule has 7 nitrogen and oxygen atoms in total. The van der Waals surface area contributed by atoms with Crippen LogP contribution in [0.15, 0.2) is 40.9 Å². The summed E-state index contributed by atoms with van der Waals surface area (Å²) in [4.78, 5) is 25.9. The normalized spacial score (nSPS) is 12.0. The SMILES string of the molecule is Cc1ccc(NC(=O)C[NH+](C)CC(=O)c2cc(C)n(-c3cc(C)on3)c2C)cc1. The fourth-order valence-electron chi connectivity index (χ4n) is 3.40. The van der Waals surface area contributed by atoms with Gasteiger partial charge in [-0.15, -0.1) is 0 Å². The van der Waals surface area contributed by atoms with E-state index in [0.717, 1.165) is 27.5 Å². The lowest BCUT2D eigenvalue weighted by Gasteiger charge is -2.13.